The summed E-state index contributed by atoms with van der Waals surface area (Å²) in [4.78, 5) is 24.3. The van der Waals surface area contributed by atoms with E-state index in [9.17, 15) is 18.4 Å². The lowest BCUT2D eigenvalue weighted by atomic mass is 10.1. The number of benzene rings is 3. The van der Waals surface area contributed by atoms with Crippen molar-refractivity contribution in [2.24, 2.45) is 0 Å². The summed E-state index contributed by atoms with van der Waals surface area (Å²) in [7, 11) is 0. The molecule has 1 heterocycles. The SMILES string of the molecule is O=C(/C=C/c1cn(-c2ccccc2)nc1-c1ccc(F)cc1)NNC(=O)c1ccccc1F. The highest BCUT2D eigenvalue weighted by atomic mass is 19.1. The Kier molecular flexibility index (Phi) is 6.36. The summed E-state index contributed by atoms with van der Waals surface area (Å²) in [6.45, 7) is 0. The average Bonchev–Trinajstić information content (AvgIpc) is 3.27. The molecule has 0 unspecified atom stereocenters. The molecule has 0 aliphatic rings. The Morgan fingerprint density at radius 1 is 0.848 bits per heavy atom. The Bertz CT molecular complexity index is 1320. The number of carbonyl (C=O) groups excluding carboxylic acids is 2. The largest absolute Gasteiger partial charge is 0.272 e. The Balaban J connectivity index is 1.54. The van der Waals surface area contributed by atoms with Crippen molar-refractivity contribution in [2.75, 3.05) is 0 Å². The normalized spacial score (nSPS) is 10.8. The van der Waals surface area contributed by atoms with Crippen LogP contribution in [0.25, 0.3) is 23.0 Å². The van der Waals surface area contributed by atoms with Gasteiger partial charge in [-0.15, -0.1) is 0 Å². The topological polar surface area (TPSA) is 76.0 Å². The third-order valence-electron chi connectivity index (χ3n) is 4.71. The van der Waals surface area contributed by atoms with Gasteiger partial charge in [0.1, 0.15) is 11.6 Å². The Morgan fingerprint density at radius 2 is 1.55 bits per heavy atom. The molecule has 0 aliphatic carbocycles. The Morgan fingerprint density at radius 3 is 2.27 bits per heavy atom. The molecule has 0 fully saturated rings. The van der Waals surface area contributed by atoms with E-state index in [4.69, 9.17) is 0 Å². The van der Waals surface area contributed by atoms with E-state index in [0.29, 0.717) is 16.8 Å². The van der Waals surface area contributed by atoms with E-state index in [1.54, 1.807) is 23.0 Å². The third kappa shape index (κ3) is 5.19. The fourth-order valence-electron chi connectivity index (χ4n) is 3.09. The molecule has 6 nitrogen and oxygen atoms in total. The number of hydrogen-bond donors (Lipinski definition) is 2. The van der Waals surface area contributed by atoms with E-state index in [1.165, 1.54) is 42.5 Å². The minimum atomic E-state index is -0.779. The first-order chi connectivity index (χ1) is 16.0. The van der Waals surface area contributed by atoms with Gasteiger partial charge in [-0.3, -0.25) is 20.4 Å². The number of hydrogen-bond acceptors (Lipinski definition) is 3. The summed E-state index contributed by atoms with van der Waals surface area (Å²) in [5.74, 6) is -2.48. The van der Waals surface area contributed by atoms with Gasteiger partial charge in [0.05, 0.1) is 16.9 Å². The van der Waals surface area contributed by atoms with Crippen molar-refractivity contribution in [2.45, 2.75) is 0 Å². The van der Waals surface area contributed by atoms with Crippen molar-refractivity contribution in [3.8, 4) is 16.9 Å². The predicted molar refractivity (Wildman–Crippen MR) is 120 cm³/mol. The number of nitrogens with one attached hydrogen (secondary N) is 2. The average molecular weight is 444 g/mol. The summed E-state index contributed by atoms with van der Waals surface area (Å²) < 4.78 is 28.7. The van der Waals surface area contributed by atoms with Crippen molar-refractivity contribution < 1.29 is 18.4 Å². The van der Waals surface area contributed by atoms with Crippen molar-refractivity contribution in [1.82, 2.24) is 20.6 Å². The van der Waals surface area contributed by atoms with Gasteiger partial charge in [-0.1, -0.05) is 30.3 Å². The summed E-state index contributed by atoms with van der Waals surface area (Å²) in [6.07, 6.45) is 4.46. The number of aromatic nitrogens is 2. The molecule has 164 valence electrons. The van der Waals surface area contributed by atoms with Gasteiger partial charge in [0.25, 0.3) is 11.8 Å². The van der Waals surface area contributed by atoms with Crippen LogP contribution in [0.5, 0.6) is 0 Å². The summed E-state index contributed by atoms with van der Waals surface area (Å²) in [5, 5.41) is 4.58. The molecule has 0 radical (unpaired) electrons. The van der Waals surface area contributed by atoms with E-state index in [2.05, 4.69) is 16.0 Å². The molecule has 33 heavy (non-hydrogen) atoms. The van der Waals surface area contributed by atoms with E-state index >= 15 is 0 Å². The summed E-state index contributed by atoms with van der Waals surface area (Å²) in [5.41, 5.74) is 6.80. The number of carbonyl (C=O) groups is 2. The quantitative estimate of drug-likeness (QED) is 0.356. The number of halogens is 2. The van der Waals surface area contributed by atoms with Gasteiger partial charge in [0.15, 0.2) is 0 Å². The van der Waals surface area contributed by atoms with Crippen LogP contribution in [0.2, 0.25) is 0 Å². The van der Waals surface area contributed by atoms with E-state index in [-0.39, 0.29) is 11.4 Å². The molecule has 0 aliphatic heterocycles. The maximum Gasteiger partial charge on any atom is 0.272 e. The van der Waals surface area contributed by atoms with E-state index in [1.807, 2.05) is 30.3 Å². The van der Waals surface area contributed by atoms with Crippen molar-refractivity contribution in [3.05, 3.63) is 114 Å². The fraction of sp³-hybridized carbons (Fsp3) is 0. The zero-order chi connectivity index (χ0) is 23.2. The Hall–Kier alpha value is -4.59. The van der Waals surface area contributed by atoms with Crippen LogP contribution in [0, 0.1) is 11.6 Å². The molecule has 0 spiro atoms. The van der Waals surface area contributed by atoms with Crippen molar-refractivity contribution >= 4 is 17.9 Å². The van der Waals surface area contributed by atoms with Gasteiger partial charge in [0, 0.05) is 23.4 Å². The van der Waals surface area contributed by atoms with Crippen LogP contribution in [-0.2, 0) is 4.79 Å². The highest BCUT2D eigenvalue weighted by Gasteiger charge is 2.13. The number of rotatable bonds is 5. The molecule has 0 saturated heterocycles. The smallest absolute Gasteiger partial charge is 0.268 e. The minimum absolute atomic E-state index is 0.190. The van der Waals surface area contributed by atoms with Crippen LogP contribution >= 0.6 is 0 Å². The number of para-hydroxylation sites is 1. The second kappa shape index (κ2) is 9.69. The van der Waals surface area contributed by atoms with Crippen LogP contribution in [0.3, 0.4) is 0 Å². The molecular formula is C25H18F2N4O2. The summed E-state index contributed by atoms with van der Waals surface area (Å²) in [6, 6.07) is 20.7. The van der Waals surface area contributed by atoms with Crippen LogP contribution in [0.1, 0.15) is 15.9 Å². The molecule has 4 aromatic rings. The maximum absolute atomic E-state index is 13.7. The zero-order valence-corrected chi connectivity index (χ0v) is 17.2. The first-order valence-corrected chi connectivity index (χ1v) is 9.95. The van der Waals surface area contributed by atoms with Gasteiger partial charge in [-0.25, -0.2) is 13.5 Å². The molecular weight excluding hydrogens is 426 g/mol. The van der Waals surface area contributed by atoms with Gasteiger partial charge >= 0.3 is 0 Å². The third-order valence-corrected chi connectivity index (χ3v) is 4.71. The first kappa shape index (κ1) is 21.6. The van der Waals surface area contributed by atoms with Gasteiger partial charge in [-0.05, 0) is 54.6 Å². The molecule has 0 saturated carbocycles. The monoisotopic (exact) mass is 444 g/mol. The second-order valence-corrected chi connectivity index (χ2v) is 6.98. The van der Waals surface area contributed by atoms with E-state index < -0.39 is 17.6 Å². The predicted octanol–water partition coefficient (Wildman–Crippen LogP) is 4.29. The molecule has 2 amide bonds. The molecule has 4 rings (SSSR count). The molecule has 0 atom stereocenters. The molecule has 0 bridgehead atoms. The lowest BCUT2D eigenvalue weighted by Gasteiger charge is -2.05. The van der Waals surface area contributed by atoms with Crippen LogP contribution in [0.15, 0.2) is 91.1 Å². The maximum atomic E-state index is 13.7. The van der Waals surface area contributed by atoms with Crippen LogP contribution in [-0.4, -0.2) is 21.6 Å². The number of nitrogens with zero attached hydrogens (tertiary/aromatic N) is 2. The number of hydrazine groups is 1. The highest BCUT2D eigenvalue weighted by molar-refractivity contribution is 5.98. The van der Waals surface area contributed by atoms with Gasteiger partial charge < -0.3 is 0 Å². The molecule has 8 heteroatoms. The lowest BCUT2D eigenvalue weighted by molar-refractivity contribution is -0.117. The van der Waals surface area contributed by atoms with Crippen LogP contribution < -0.4 is 10.9 Å². The van der Waals surface area contributed by atoms with E-state index in [0.717, 1.165) is 11.8 Å². The summed E-state index contributed by atoms with van der Waals surface area (Å²) >= 11 is 0. The Labute approximate surface area is 188 Å². The fourth-order valence-corrected chi connectivity index (χ4v) is 3.09. The number of amides is 2. The first-order valence-electron chi connectivity index (χ1n) is 9.95. The lowest BCUT2D eigenvalue weighted by Crippen LogP contribution is -2.41. The van der Waals surface area contributed by atoms with Crippen LogP contribution in [0.4, 0.5) is 8.78 Å². The second-order valence-electron chi connectivity index (χ2n) is 6.98. The van der Waals surface area contributed by atoms with Gasteiger partial charge in [0.2, 0.25) is 0 Å². The minimum Gasteiger partial charge on any atom is -0.268 e. The van der Waals surface area contributed by atoms with Gasteiger partial charge in [-0.2, -0.15) is 5.10 Å². The van der Waals surface area contributed by atoms with Crippen molar-refractivity contribution in [1.29, 1.82) is 0 Å². The molecule has 2 N–H and O–H groups in total. The highest BCUT2D eigenvalue weighted by Crippen LogP contribution is 2.25. The standard InChI is InChI=1S/C25H18F2N4O2/c26-19-13-10-17(11-14-19)24-18(16-31(30-24)20-6-2-1-3-7-20)12-15-23(32)28-29-25(33)21-8-4-5-9-22(21)27/h1-16H,(H,28,32)(H,29,33)/b15-12+. The van der Waals surface area contributed by atoms with Crippen molar-refractivity contribution in [3.63, 3.8) is 0 Å². The zero-order valence-electron chi connectivity index (χ0n) is 17.2. The molecule has 1 aromatic heterocycles. The molecule has 3 aromatic carbocycles.